The molecule has 7 heteroatoms. The molecule has 3 rings (SSSR count). The highest BCUT2D eigenvalue weighted by Gasteiger charge is 2.09. The minimum absolute atomic E-state index is 0.169. The number of benzene rings is 1. The van der Waals surface area contributed by atoms with Crippen molar-refractivity contribution in [1.82, 2.24) is 9.66 Å². The van der Waals surface area contributed by atoms with Crippen LogP contribution in [0, 0.1) is 6.92 Å². The molecule has 0 amide bonds. The Morgan fingerprint density at radius 1 is 1.31 bits per heavy atom. The summed E-state index contributed by atoms with van der Waals surface area (Å²) >= 11 is 1.45. The Morgan fingerprint density at radius 2 is 2.15 bits per heavy atom. The highest BCUT2D eigenvalue weighted by molar-refractivity contribution is 7.16. The highest BCUT2D eigenvalue weighted by Crippen LogP contribution is 2.27. The fourth-order valence-corrected chi connectivity index (χ4v) is 3.28. The number of unbranched alkanes of at least 4 members (excludes halogenated alkanes) is 1. The van der Waals surface area contributed by atoms with Gasteiger partial charge >= 0.3 is 0 Å². The van der Waals surface area contributed by atoms with Crippen molar-refractivity contribution >= 4 is 27.8 Å². The van der Waals surface area contributed by atoms with E-state index in [1.165, 1.54) is 16.0 Å². The van der Waals surface area contributed by atoms with Crippen molar-refractivity contribution in [2.75, 3.05) is 13.7 Å². The Hall–Kier alpha value is -2.67. The lowest BCUT2D eigenvalue weighted by Crippen LogP contribution is -2.19. The molecule has 2 aromatic heterocycles. The number of hydrogen-bond acceptors (Lipinski definition) is 6. The second kappa shape index (κ2) is 8.14. The van der Waals surface area contributed by atoms with E-state index in [2.05, 4.69) is 17.0 Å². The molecule has 0 saturated heterocycles. The molecule has 136 valence electrons. The monoisotopic (exact) mass is 371 g/mol. The predicted octanol–water partition coefficient (Wildman–Crippen LogP) is 3.84. The van der Waals surface area contributed by atoms with Gasteiger partial charge in [0.1, 0.15) is 10.7 Å². The average molecular weight is 371 g/mol. The van der Waals surface area contributed by atoms with Crippen molar-refractivity contribution < 1.29 is 9.47 Å². The van der Waals surface area contributed by atoms with Gasteiger partial charge in [-0.2, -0.15) is 9.78 Å². The fraction of sp³-hybridized carbons (Fsp3) is 0.316. The first-order valence-electron chi connectivity index (χ1n) is 8.46. The molecule has 0 fully saturated rings. The van der Waals surface area contributed by atoms with E-state index in [1.54, 1.807) is 26.3 Å². The highest BCUT2D eigenvalue weighted by atomic mass is 32.1. The number of nitrogens with zero attached hydrogens (tertiary/aromatic N) is 3. The summed E-state index contributed by atoms with van der Waals surface area (Å²) < 4.78 is 12.4. The van der Waals surface area contributed by atoms with Crippen LogP contribution in [-0.2, 0) is 0 Å². The molecular weight excluding hydrogens is 350 g/mol. The first-order chi connectivity index (χ1) is 12.6. The Kier molecular flexibility index (Phi) is 5.68. The molecule has 0 unspecified atom stereocenters. The quantitative estimate of drug-likeness (QED) is 0.468. The van der Waals surface area contributed by atoms with Crippen molar-refractivity contribution in [2.45, 2.75) is 26.7 Å². The second-order valence-electron chi connectivity index (χ2n) is 5.77. The van der Waals surface area contributed by atoms with Gasteiger partial charge in [0.15, 0.2) is 11.5 Å². The van der Waals surface area contributed by atoms with Gasteiger partial charge in [-0.3, -0.25) is 4.79 Å². The molecule has 3 aromatic rings. The lowest BCUT2D eigenvalue weighted by atomic mass is 10.2. The summed E-state index contributed by atoms with van der Waals surface area (Å²) in [6, 6.07) is 7.33. The maximum Gasteiger partial charge on any atom is 0.282 e. The molecule has 1 aromatic carbocycles. The van der Waals surface area contributed by atoms with Crippen molar-refractivity contribution in [3.8, 4) is 11.5 Å². The molecule has 0 aliphatic rings. The van der Waals surface area contributed by atoms with E-state index in [0.29, 0.717) is 29.3 Å². The SMILES string of the molecule is CCCCOc1cc(/C=N\n2c(C)nc3sccc3c2=O)ccc1OC. The van der Waals surface area contributed by atoms with E-state index < -0.39 is 0 Å². The fourth-order valence-electron chi connectivity index (χ4n) is 2.48. The maximum atomic E-state index is 12.5. The van der Waals surface area contributed by atoms with Gasteiger partial charge < -0.3 is 9.47 Å². The van der Waals surface area contributed by atoms with Gasteiger partial charge in [-0.15, -0.1) is 11.3 Å². The molecule has 0 saturated carbocycles. The minimum atomic E-state index is -0.169. The number of ether oxygens (including phenoxy) is 2. The van der Waals surface area contributed by atoms with Gasteiger partial charge in [-0.05, 0) is 48.6 Å². The zero-order valence-corrected chi connectivity index (χ0v) is 15.9. The van der Waals surface area contributed by atoms with Crippen LogP contribution in [0.25, 0.3) is 10.2 Å². The first-order valence-corrected chi connectivity index (χ1v) is 9.34. The normalized spacial score (nSPS) is 11.3. The molecular formula is C19H21N3O3S. The van der Waals surface area contributed by atoms with Crippen molar-refractivity contribution in [3.05, 3.63) is 51.4 Å². The van der Waals surface area contributed by atoms with E-state index in [0.717, 1.165) is 23.2 Å². The lowest BCUT2D eigenvalue weighted by molar-refractivity contribution is 0.288. The van der Waals surface area contributed by atoms with Gasteiger partial charge in [0.25, 0.3) is 5.56 Å². The van der Waals surface area contributed by atoms with Crippen LogP contribution in [0.3, 0.4) is 0 Å². The van der Waals surface area contributed by atoms with Gasteiger partial charge in [-0.1, -0.05) is 13.3 Å². The van der Waals surface area contributed by atoms with Gasteiger partial charge in [0.05, 0.1) is 25.3 Å². The molecule has 6 nitrogen and oxygen atoms in total. The largest absolute Gasteiger partial charge is 0.493 e. The summed E-state index contributed by atoms with van der Waals surface area (Å²) in [6.07, 6.45) is 3.66. The van der Waals surface area contributed by atoms with Crippen molar-refractivity contribution in [1.29, 1.82) is 0 Å². The third-order valence-corrected chi connectivity index (χ3v) is 4.71. The zero-order valence-electron chi connectivity index (χ0n) is 15.1. The van der Waals surface area contributed by atoms with Crippen LogP contribution in [0.2, 0.25) is 0 Å². The Bertz CT molecular complexity index is 991. The van der Waals surface area contributed by atoms with E-state index in [-0.39, 0.29) is 5.56 Å². The predicted molar refractivity (Wildman–Crippen MR) is 105 cm³/mol. The van der Waals surface area contributed by atoms with E-state index in [9.17, 15) is 4.79 Å². The molecule has 0 aliphatic carbocycles. The molecule has 0 atom stereocenters. The molecule has 0 radical (unpaired) electrons. The molecule has 0 spiro atoms. The molecule has 0 bridgehead atoms. The van der Waals surface area contributed by atoms with Crippen molar-refractivity contribution in [3.63, 3.8) is 0 Å². The van der Waals surface area contributed by atoms with Crippen molar-refractivity contribution in [2.24, 2.45) is 5.10 Å². The van der Waals surface area contributed by atoms with E-state index in [4.69, 9.17) is 9.47 Å². The summed E-state index contributed by atoms with van der Waals surface area (Å²) in [5, 5.41) is 6.76. The average Bonchev–Trinajstić information content (AvgIpc) is 3.10. The number of fused-ring (bicyclic) bond motifs is 1. The van der Waals surface area contributed by atoms with Crippen LogP contribution in [0.1, 0.15) is 31.2 Å². The van der Waals surface area contributed by atoms with Crippen LogP contribution in [0.5, 0.6) is 11.5 Å². The number of rotatable bonds is 7. The Balaban J connectivity index is 1.91. The summed E-state index contributed by atoms with van der Waals surface area (Å²) in [5.74, 6) is 1.89. The lowest BCUT2D eigenvalue weighted by Gasteiger charge is -2.11. The first kappa shape index (κ1) is 18.1. The topological polar surface area (TPSA) is 65.7 Å². The number of hydrogen-bond donors (Lipinski definition) is 0. The maximum absolute atomic E-state index is 12.5. The minimum Gasteiger partial charge on any atom is -0.493 e. The summed E-state index contributed by atoms with van der Waals surface area (Å²) in [4.78, 5) is 17.7. The number of aryl methyl sites for hydroxylation is 1. The summed E-state index contributed by atoms with van der Waals surface area (Å²) in [5.41, 5.74) is 0.645. The Labute approximate surface area is 155 Å². The van der Waals surface area contributed by atoms with Crippen LogP contribution in [0.4, 0.5) is 0 Å². The third-order valence-electron chi connectivity index (χ3n) is 3.90. The summed E-state index contributed by atoms with van der Waals surface area (Å²) in [7, 11) is 1.61. The van der Waals surface area contributed by atoms with Crippen LogP contribution in [-0.4, -0.2) is 29.6 Å². The third kappa shape index (κ3) is 3.77. The molecule has 0 N–H and O–H groups in total. The number of aromatic nitrogens is 2. The van der Waals surface area contributed by atoms with Gasteiger partial charge in [0.2, 0.25) is 0 Å². The second-order valence-corrected chi connectivity index (χ2v) is 6.67. The molecule has 26 heavy (non-hydrogen) atoms. The summed E-state index contributed by atoms with van der Waals surface area (Å²) in [6.45, 7) is 4.51. The van der Waals surface area contributed by atoms with E-state index >= 15 is 0 Å². The van der Waals surface area contributed by atoms with Gasteiger partial charge in [0, 0.05) is 0 Å². The van der Waals surface area contributed by atoms with Crippen LogP contribution >= 0.6 is 11.3 Å². The zero-order chi connectivity index (χ0) is 18.5. The standard InChI is InChI=1S/C19H21N3O3S/c1-4-5-9-25-17-11-14(6-7-16(17)24-3)12-20-22-13(2)21-18-15(19(22)23)8-10-26-18/h6-8,10-12H,4-5,9H2,1-3H3/b20-12-. The number of thiophene rings is 1. The molecule has 2 heterocycles. The molecule has 0 aliphatic heterocycles. The van der Waals surface area contributed by atoms with Crippen LogP contribution in [0.15, 0.2) is 39.5 Å². The van der Waals surface area contributed by atoms with Gasteiger partial charge in [-0.25, -0.2) is 4.98 Å². The van der Waals surface area contributed by atoms with Crippen LogP contribution < -0.4 is 15.0 Å². The number of methoxy groups -OCH3 is 1. The Morgan fingerprint density at radius 3 is 2.92 bits per heavy atom. The van der Waals surface area contributed by atoms with E-state index in [1.807, 2.05) is 23.6 Å². The smallest absolute Gasteiger partial charge is 0.282 e.